The maximum Gasteiger partial charge on any atom is 0.262 e. The van der Waals surface area contributed by atoms with Gasteiger partial charge in [0.25, 0.3) is 10.0 Å². The maximum atomic E-state index is 12.3. The minimum atomic E-state index is -3.75. The molecule has 0 aliphatic heterocycles. The van der Waals surface area contributed by atoms with E-state index in [9.17, 15) is 8.42 Å². The average Bonchev–Trinajstić information content (AvgIpc) is 2.42. The average molecular weight is 392 g/mol. The molecule has 0 bridgehead atoms. The molecule has 0 amide bonds. The number of methoxy groups -OCH3 is 1. The van der Waals surface area contributed by atoms with Crippen LogP contribution in [0.4, 0.5) is 11.4 Å². The number of hydrogen-bond acceptors (Lipinski definition) is 4. The van der Waals surface area contributed by atoms with Gasteiger partial charge in [0.2, 0.25) is 0 Å². The summed E-state index contributed by atoms with van der Waals surface area (Å²) in [6, 6.07) is 9.01. The van der Waals surface area contributed by atoms with Gasteiger partial charge in [-0.05, 0) is 52.3 Å². The second-order valence-electron chi connectivity index (χ2n) is 4.13. The molecule has 0 saturated carbocycles. The van der Waals surface area contributed by atoms with Crippen LogP contribution in [-0.2, 0) is 10.0 Å². The third-order valence-electron chi connectivity index (χ3n) is 2.69. The van der Waals surface area contributed by atoms with Gasteiger partial charge in [-0.1, -0.05) is 11.6 Å². The predicted octanol–water partition coefficient (Wildman–Crippen LogP) is 3.49. The fourth-order valence-electron chi connectivity index (χ4n) is 1.66. The molecule has 0 atom stereocenters. The molecular formula is C13H12BrClN2O3S. The summed E-state index contributed by atoms with van der Waals surface area (Å²) in [7, 11) is -2.29. The maximum absolute atomic E-state index is 12.3. The van der Waals surface area contributed by atoms with Gasteiger partial charge in [-0.2, -0.15) is 0 Å². The van der Waals surface area contributed by atoms with Crippen molar-refractivity contribution in [3.05, 3.63) is 45.9 Å². The molecule has 0 unspecified atom stereocenters. The second-order valence-corrected chi connectivity index (χ2v) is 7.11. The predicted molar refractivity (Wildman–Crippen MR) is 87.4 cm³/mol. The van der Waals surface area contributed by atoms with Crippen molar-refractivity contribution in [1.82, 2.24) is 0 Å². The van der Waals surface area contributed by atoms with Gasteiger partial charge in [-0.3, -0.25) is 4.72 Å². The number of rotatable bonds is 4. The van der Waals surface area contributed by atoms with Gasteiger partial charge in [-0.25, -0.2) is 8.42 Å². The number of nitrogens with one attached hydrogen (secondary N) is 1. The van der Waals surface area contributed by atoms with Crippen LogP contribution in [0.2, 0.25) is 5.02 Å². The van der Waals surface area contributed by atoms with Crippen LogP contribution in [0.15, 0.2) is 45.8 Å². The van der Waals surface area contributed by atoms with E-state index in [4.69, 9.17) is 22.1 Å². The van der Waals surface area contributed by atoms with Gasteiger partial charge < -0.3 is 10.5 Å². The normalized spacial score (nSPS) is 11.2. The van der Waals surface area contributed by atoms with Gasteiger partial charge in [0.1, 0.15) is 5.75 Å². The molecule has 0 heterocycles. The molecule has 21 heavy (non-hydrogen) atoms. The molecule has 2 rings (SSSR count). The molecule has 0 saturated heterocycles. The van der Waals surface area contributed by atoms with Crippen LogP contribution < -0.4 is 15.2 Å². The van der Waals surface area contributed by atoms with Crippen LogP contribution in [0.3, 0.4) is 0 Å². The van der Waals surface area contributed by atoms with Crippen LogP contribution in [0.25, 0.3) is 0 Å². The Bertz CT molecular complexity index is 781. The van der Waals surface area contributed by atoms with E-state index in [1.165, 1.54) is 25.3 Å². The lowest BCUT2D eigenvalue weighted by Gasteiger charge is -2.11. The standard InChI is InChI=1S/C13H12BrClN2O3S/c1-20-13-5-3-9(7-11(13)16)21(18,19)17-12-4-2-8(15)6-10(12)14/h2-7,17H,16H2,1H3. The molecular weight excluding hydrogens is 380 g/mol. The summed E-state index contributed by atoms with van der Waals surface area (Å²) in [6.45, 7) is 0. The van der Waals surface area contributed by atoms with E-state index < -0.39 is 10.0 Å². The second kappa shape index (κ2) is 6.13. The van der Waals surface area contributed by atoms with Crippen molar-refractivity contribution in [3.63, 3.8) is 0 Å². The SMILES string of the molecule is COc1ccc(S(=O)(=O)Nc2ccc(Cl)cc2Br)cc1N. The first-order chi connectivity index (χ1) is 9.83. The number of sulfonamides is 1. The molecule has 8 heteroatoms. The van der Waals surface area contributed by atoms with Gasteiger partial charge in [0, 0.05) is 9.50 Å². The topological polar surface area (TPSA) is 81.4 Å². The number of ether oxygens (including phenoxy) is 1. The van der Waals surface area contributed by atoms with E-state index in [0.717, 1.165) is 0 Å². The van der Waals surface area contributed by atoms with Gasteiger partial charge in [0.05, 0.1) is 23.4 Å². The van der Waals surface area contributed by atoms with Crippen LogP contribution in [-0.4, -0.2) is 15.5 Å². The molecule has 0 aromatic heterocycles. The van der Waals surface area contributed by atoms with E-state index in [0.29, 0.717) is 20.9 Å². The zero-order valence-corrected chi connectivity index (χ0v) is 14.1. The quantitative estimate of drug-likeness (QED) is 0.782. The lowest BCUT2D eigenvalue weighted by atomic mass is 10.3. The lowest BCUT2D eigenvalue weighted by Crippen LogP contribution is -2.13. The Morgan fingerprint density at radius 1 is 1.24 bits per heavy atom. The van der Waals surface area contributed by atoms with E-state index in [1.807, 2.05) is 0 Å². The van der Waals surface area contributed by atoms with E-state index in [1.54, 1.807) is 18.2 Å². The Kier molecular flexibility index (Phi) is 4.65. The highest BCUT2D eigenvalue weighted by atomic mass is 79.9. The summed E-state index contributed by atoms with van der Waals surface area (Å²) < 4.78 is 32.7. The number of nitrogens with two attached hydrogens (primary N) is 1. The molecule has 0 aliphatic carbocycles. The van der Waals surface area contributed by atoms with Crippen LogP contribution in [0.1, 0.15) is 0 Å². The smallest absolute Gasteiger partial charge is 0.262 e. The van der Waals surface area contributed by atoms with Crippen LogP contribution >= 0.6 is 27.5 Å². The Balaban J connectivity index is 2.36. The van der Waals surface area contributed by atoms with E-state index in [-0.39, 0.29) is 10.6 Å². The lowest BCUT2D eigenvalue weighted by molar-refractivity contribution is 0.416. The Morgan fingerprint density at radius 2 is 1.95 bits per heavy atom. The fraction of sp³-hybridized carbons (Fsp3) is 0.0769. The molecule has 0 spiro atoms. The Morgan fingerprint density at radius 3 is 2.52 bits per heavy atom. The molecule has 0 fully saturated rings. The third kappa shape index (κ3) is 3.61. The highest BCUT2D eigenvalue weighted by molar-refractivity contribution is 9.10. The van der Waals surface area contributed by atoms with Gasteiger partial charge in [0.15, 0.2) is 0 Å². The van der Waals surface area contributed by atoms with E-state index >= 15 is 0 Å². The van der Waals surface area contributed by atoms with Crippen molar-refractivity contribution in [1.29, 1.82) is 0 Å². The number of anilines is 2. The first-order valence-electron chi connectivity index (χ1n) is 5.75. The number of halogens is 2. The van der Waals surface area contributed by atoms with Crippen molar-refractivity contribution < 1.29 is 13.2 Å². The van der Waals surface area contributed by atoms with Crippen LogP contribution in [0.5, 0.6) is 5.75 Å². The first-order valence-corrected chi connectivity index (χ1v) is 8.40. The molecule has 112 valence electrons. The fourth-order valence-corrected chi connectivity index (χ4v) is 3.68. The minimum Gasteiger partial charge on any atom is -0.495 e. The molecule has 3 N–H and O–H groups in total. The molecule has 2 aromatic rings. The van der Waals surface area contributed by atoms with Crippen molar-refractivity contribution in [3.8, 4) is 5.75 Å². The highest BCUT2D eigenvalue weighted by Gasteiger charge is 2.17. The summed E-state index contributed by atoms with van der Waals surface area (Å²) in [5.74, 6) is 0.418. The van der Waals surface area contributed by atoms with Crippen molar-refractivity contribution >= 4 is 48.9 Å². The van der Waals surface area contributed by atoms with E-state index in [2.05, 4.69) is 20.7 Å². The first kappa shape index (κ1) is 15.9. The Hall–Kier alpha value is -1.44. The summed E-state index contributed by atoms with van der Waals surface area (Å²) in [4.78, 5) is 0.0441. The van der Waals surface area contributed by atoms with Crippen molar-refractivity contribution in [2.24, 2.45) is 0 Å². The highest BCUT2D eigenvalue weighted by Crippen LogP contribution is 2.29. The zero-order valence-electron chi connectivity index (χ0n) is 10.9. The molecule has 5 nitrogen and oxygen atoms in total. The number of nitrogen functional groups attached to an aromatic ring is 1. The summed E-state index contributed by atoms with van der Waals surface area (Å²) in [6.07, 6.45) is 0. The largest absolute Gasteiger partial charge is 0.495 e. The van der Waals surface area contributed by atoms with Crippen molar-refractivity contribution in [2.45, 2.75) is 4.90 Å². The number of benzene rings is 2. The monoisotopic (exact) mass is 390 g/mol. The summed E-state index contributed by atoms with van der Waals surface area (Å²) in [5.41, 5.74) is 6.36. The summed E-state index contributed by atoms with van der Waals surface area (Å²) in [5, 5.41) is 0.499. The minimum absolute atomic E-state index is 0.0441. The molecule has 0 aliphatic rings. The third-order valence-corrected chi connectivity index (χ3v) is 4.94. The molecule has 2 aromatic carbocycles. The number of hydrogen-bond donors (Lipinski definition) is 2. The van der Waals surface area contributed by atoms with Gasteiger partial charge in [-0.15, -0.1) is 0 Å². The molecule has 0 radical (unpaired) electrons. The van der Waals surface area contributed by atoms with Crippen molar-refractivity contribution in [2.75, 3.05) is 17.6 Å². The van der Waals surface area contributed by atoms with Crippen LogP contribution in [0, 0.1) is 0 Å². The Labute approximate surface area is 136 Å². The summed E-state index contributed by atoms with van der Waals surface area (Å²) >= 11 is 9.08. The van der Waals surface area contributed by atoms with Gasteiger partial charge >= 0.3 is 0 Å². The zero-order chi connectivity index (χ0) is 15.6.